The van der Waals surface area contributed by atoms with E-state index in [1.54, 1.807) is 32.3 Å². The Kier molecular flexibility index (Phi) is 3.85. The van der Waals surface area contributed by atoms with Gasteiger partial charge in [0.15, 0.2) is 0 Å². The molecule has 0 aromatic carbocycles. The Balaban J connectivity index is 2.77. The smallest absolute Gasteiger partial charge is 0.330 e. The van der Waals surface area contributed by atoms with Crippen molar-refractivity contribution in [3.63, 3.8) is 0 Å². The molecule has 15 heavy (non-hydrogen) atoms. The lowest BCUT2D eigenvalue weighted by molar-refractivity contribution is -0.137. The normalized spacial score (nSPS) is 10.5. The number of hydrogen-bond acceptors (Lipinski definition) is 3. The first-order valence-electron chi connectivity index (χ1n) is 4.65. The Morgan fingerprint density at radius 1 is 1.60 bits per heavy atom. The lowest BCUT2D eigenvalue weighted by Crippen LogP contribution is -2.14. The number of nitrogens with zero attached hydrogens (tertiary/aromatic N) is 1. The van der Waals surface area contributed by atoms with Crippen LogP contribution in [0.3, 0.4) is 0 Å². The van der Waals surface area contributed by atoms with E-state index in [1.807, 2.05) is 0 Å². The molecule has 0 radical (unpaired) electrons. The number of pyridine rings is 1. The summed E-state index contributed by atoms with van der Waals surface area (Å²) in [5, 5.41) is 0. The molecule has 0 unspecified atom stereocenters. The van der Waals surface area contributed by atoms with Crippen LogP contribution in [-0.4, -0.2) is 17.1 Å². The van der Waals surface area contributed by atoms with E-state index in [9.17, 15) is 9.59 Å². The van der Waals surface area contributed by atoms with Crippen LogP contribution < -0.4 is 5.56 Å². The van der Waals surface area contributed by atoms with Crippen molar-refractivity contribution in [1.29, 1.82) is 0 Å². The van der Waals surface area contributed by atoms with Gasteiger partial charge in [-0.3, -0.25) is 4.79 Å². The Morgan fingerprint density at radius 2 is 2.33 bits per heavy atom. The van der Waals surface area contributed by atoms with Gasteiger partial charge in [0.2, 0.25) is 0 Å². The molecule has 1 heterocycles. The van der Waals surface area contributed by atoms with E-state index in [1.165, 1.54) is 16.7 Å². The monoisotopic (exact) mass is 207 g/mol. The van der Waals surface area contributed by atoms with Crippen molar-refractivity contribution >= 4 is 12.0 Å². The second-order valence-electron chi connectivity index (χ2n) is 2.99. The number of rotatable bonds is 3. The van der Waals surface area contributed by atoms with Crippen molar-refractivity contribution in [2.45, 2.75) is 6.92 Å². The van der Waals surface area contributed by atoms with Crippen LogP contribution in [0.1, 0.15) is 12.5 Å². The highest BCUT2D eigenvalue weighted by atomic mass is 16.5. The largest absolute Gasteiger partial charge is 0.463 e. The van der Waals surface area contributed by atoms with E-state index < -0.39 is 5.97 Å². The molecule has 0 aliphatic rings. The standard InChI is InChI=1S/C11H13NO3/c1-3-15-11(14)5-4-9-6-7-12(2)10(13)8-9/h4-8H,3H2,1-2H3/b5-4+. The fraction of sp³-hybridized carbons (Fsp3) is 0.273. The molecule has 0 aliphatic carbocycles. The van der Waals surface area contributed by atoms with Gasteiger partial charge in [-0.1, -0.05) is 0 Å². The van der Waals surface area contributed by atoms with Gasteiger partial charge >= 0.3 is 5.97 Å². The zero-order valence-corrected chi connectivity index (χ0v) is 8.77. The third-order valence-corrected chi connectivity index (χ3v) is 1.83. The zero-order valence-electron chi connectivity index (χ0n) is 8.77. The van der Waals surface area contributed by atoms with Crippen molar-refractivity contribution in [2.24, 2.45) is 7.05 Å². The molecule has 1 aromatic heterocycles. The molecule has 0 atom stereocenters. The van der Waals surface area contributed by atoms with Crippen LogP contribution in [0.5, 0.6) is 0 Å². The molecule has 80 valence electrons. The van der Waals surface area contributed by atoms with Crippen LogP contribution in [0, 0.1) is 0 Å². The summed E-state index contributed by atoms with van der Waals surface area (Å²) in [5.74, 6) is -0.404. The number of carbonyl (C=O) groups excluding carboxylic acids is 1. The molecule has 0 saturated carbocycles. The molecule has 0 saturated heterocycles. The second-order valence-corrected chi connectivity index (χ2v) is 2.99. The van der Waals surface area contributed by atoms with Gasteiger partial charge in [-0.2, -0.15) is 0 Å². The molecule has 1 rings (SSSR count). The first-order chi connectivity index (χ1) is 7.13. The van der Waals surface area contributed by atoms with Crippen LogP contribution >= 0.6 is 0 Å². The molecule has 1 aromatic rings. The maximum atomic E-state index is 11.2. The van der Waals surface area contributed by atoms with E-state index >= 15 is 0 Å². The van der Waals surface area contributed by atoms with Crippen LogP contribution in [0.2, 0.25) is 0 Å². The number of esters is 1. The number of ether oxygens (including phenoxy) is 1. The van der Waals surface area contributed by atoms with E-state index in [0.29, 0.717) is 12.2 Å². The summed E-state index contributed by atoms with van der Waals surface area (Å²) in [7, 11) is 1.67. The fourth-order valence-electron chi connectivity index (χ4n) is 1.02. The van der Waals surface area contributed by atoms with Crippen molar-refractivity contribution < 1.29 is 9.53 Å². The number of carbonyl (C=O) groups is 1. The maximum absolute atomic E-state index is 11.2. The van der Waals surface area contributed by atoms with Crippen molar-refractivity contribution in [2.75, 3.05) is 6.61 Å². The van der Waals surface area contributed by atoms with E-state index in [2.05, 4.69) is 0 Å². The summed E-state index contributed by atoms with van der Waals surface area (Å²) in [6.07, 6.45) is 4.50. The van der Waals surface area contributed by atoms with E-state index in [0.717, 1.165) is 0 Å². The van der Waals surface area contributed by atoms with Crippen LogP contribution in [0.15, 0.2) is 29.2 Å². The van der Waals surface area contributed by atoms with Crippen molar-refractivity contribution in [3.05, 3.63) is 40.3 Å². The summed E-state index contributed by atoms with van der Waals surface area (Å²) >= 11 is 0. The molecular weight excluding hydrogens is 194 g/mol. The molecule has 0 aliphatic heterocycles. The first-order valence-corrected chi connectivity index (χ1v) is 4.65. The van der Waals surface area contributed by atoms with E-state index in [4.69, 9.17) is 4.74 Å². The lowest BCUT2D eigenvalue weighted by Gasteiger charge is -1.97. The molecule has 0 spiro atoms. The van der Waals surface area contributed by atoms with Gasteiger partial charge in [0.25, 0.3) is 5.56 Å². The van der Waals surface area contributed by atoms with Gasteiger partial charge in [-0.05, 0) is 24.6 Å². The Bertz CT molecular complexity index is 432. The van der Waals surface area contributed by atoms with E-state index in [-0.39, 0.29) is 5.56 Å². The van der Waals surface area contributed by atoms with Crippen LogP contribution in [0.4, 0.5) is 0 Å². The molecule has 0 amide bonds. The van der Waals surface area contributed by atoms with Gasteiger partial charge in [0.05, 0.1) is 6.61 Å². The maximum Gasteiger partial charge on any atom is 0.330 e. The second kappa shape index (κ2) is 5.14. The van der Waals surface area contributed by atoms with Crippen molar-refractivity contribution in [3.8, 4) is 0 Å². The van der Waals surface area contributed by atoms with Gasteiger partial charge in [-0.25, -0.2) is 4.79 Å². The van der Waals surface area contributed by atoms with Gasteiger partial charge in [-0.15, -0.1) is 0 Å². The molecule has 4 heteroatoms. The summed E-state index contributed by atoms with van der Waals surface area (Å²) in [5.41, 5.74) is 0.576. The minimum atomic E-state index is -0.404. The summed E-state index contributed by atoms with van der Waals surface area (Å²) in [4.78, 5) is 22.2. The number of aromatic nitrogens is 1. The predicted octanol–water partition coefficient (Wildman–Crippen LogP) is 0.962. The topological polar surface area (TPSA) is 48.3 Å². The highest BCUT2D eigenvalue weighted by molar-refractivity contribution is 5.86. The highest BCUT2D eigenvalue weighted by Gasteiger charge is 1.95. The summed E-state index contributed by atoms with van der Waals surface area (Å²) in [6.45, 7) is 2.09. The molecule has 4 nitrogen and oxygen atoms in total. The predicted molar refractivity (Wildman–Crippen MR) is 57.4 cm³/mol. The van der Waals surface area contributed by atoms with Crippen molar-refractivity contribution in [1.82, 2.24) is 4.57 Å². The summed E-state index contributed by atoms with van der Waals surface area (Å²) < 4.78 is 6.17. The lowest BCUT2D eigenvalue weighted by atomic mass is 10.2. The fourth-order valence-corrected chi connectivity index (χ4v) is 1.02. The Hall–Kier alpha value is -1.84. The molecule has 0 bridgehead atoms. The average Bonchev–Trinajstić information content (AvgIpc) is 2.20. The number of hydrogen-bond donors (Lipinski definition) is 0. The Labute approximate surface area is 87.8 Å². The van der Waals surface area contributed by atoms with Gasteiger partial charge in [0, 0.05) is 25.4 Å². The third kappa shape index (κ3) is 3.42. The highest BCUT2D eigenvalue weighted by Crippen LogP contribution is 1.97. The van der Waals surface area contributed by atoms with Gasteiger partial charge < -0.3 is 9.30 Å². The van der Waals surface area contributed by atoms with Gasteiger partial charge in [0.1, 0.15) is 0 Å². The summed E-state index contributed by atoms with van der Waals surface area (Å²) in [6, 6.07) is 3.20. The quantitative estimate of drug-likeness (QED) is 0.548. The minimum Gasteiger partial charge on any atom is -0.463 e. The third-order valence-electron chi connectivity index (χ3n) is 1.83. The molecular formula is C11H13NO3. The number of aryl methyl sites for hydroxylation is 1. The minimum absolute atomic E-state index is 0.110. The first kappa shape index (κ1) is 11.2. The SMILES string of the molecule is CCOC(=O)/C=C/c1ccn(C)c(=O)c1. The van der Waals surface area contributed by atoms with Crippen LogP contribution in [-0.2, 0) is 16.6 Å². The Morgan fingerprint density at radius 3 is 2.93 bits per heavy atom. The molecule has 0 fully saturated rings. The zero-order chi connectivity index (χ0) is 11.3. The average molecular weight is 207 g/mol. The van der Waals surface area contributed by atoms with Crippen LogP contribution in [0.25, 0.3) is 6.08 Å². The molecule has 0 N–H and O–H groups in total.